The van der Waals surface area contributed by atoms with Crippen LogP contribution in [0.25, 0.3) is 11.5 Å². The first kappa shape index (κ1) is 22.3. The molecule has 168 valence electrons. The quantitative estimate of drug-likeness (QED) is 0.418. The summed E-state index contributed by atoms with van der Waals surface area (Å²) in [5.41, 5.74) is 3.58. The molecule has 4 aromatic rings. The van der Waals surface area contributed by atoms with Crippen molar-refractivity contribution in [3.05, 3.63) is 102 Å². The average Bonchev–Trinajstić information content (AvgIpc) is 3.21. The van der Waals surface area contributed by atoms with Gasteiger partial charge in [-0.3, -0.25) is 14.9 Å². The van der Waals surface area contributed by atoms with E-state index in [1.807, 2.05) is 29.8 Å². The highest BCUT2D eigenvalue weighted by molar-refractivity contribution is 5.88. The van der Waals surface area contributed by atoms with Crippen LogP contribution in [0.4, 0.5) is 4.39 Å². The van der Waals surface area contributed by atoms with Crippen molar-refractivity contribution in [2.75, 3.05) is 7.05 Å². The Morgan fingerprint density at radius 3 is 2.58 bits per heavy atom. The van der Waals surface area contributed by atoms with Gasteiger partial charge in [0, 0.05) is 32.0 Å². The van der Waals surface area contributed by atoms with Gasteiger partial charge < -0.3 is 9.67 Å². The van der Waals surface area contributed by atoms with Crippen molar-refractivity contribution in [1.29, 1.82) is 0 Å². The van der Waals surface area contributed by atoms with Crippen molar-refractivity contribution in [2.45, 2.75) is 26.1 Å². The van der Waals surface area contributed by atoms with E-state index in [1.165, 1.54) is 30.5 Å². The van der Waals surface area contributed by atoms with Crippen LogP contribution in [-0.4, -0.2) is 42.5 Å². The zero-order valence-corrected chi connectivity index (χ0v) is 18.2. The Labute approximate surface area is 191 Å². The Kier molecular flexibility index (Phi) is 6.85. The zero-order valence-electron chi connectivity index (χ0n) is 18.2. The summed E-state index contributed by atoms with van der Waals surface area (Å²) in [4.78, 5) is 26.9. The molecule has 0 spiro atoms. The van der Waals surface area contributed by atoms with Crippen LogP contribution in [-0.2, 0) is 26.1 Å². The number of carbonyl (C=O) groups is 1. The lowest BCUT2D eigenvalue weighted by molar-refractivity contribution is 0.0697. The third kappa shape index (κ3) is 5.67. The van der Waals surface area contributed by atoms with E-state index in [9.17, 15) is 14.3 Å². The number of benzene rings is 1. The first-order chi connectivity index (χ1) is 16.0. The normalized spacial score (nSPS) is 11.1. The number of hydrogen-bond donors (Lipinski definition) is 1. The van der Waals surface area contributed by atoms with E-state index in [-0.39, 0.29) is 11.4 Å². The van der Waals surface area contributed by atoms with E-state index in [0.29, 0.717) is 37.6 Å². The predicted molar refractivity (Wildman–Crippen MR) is 122 cm³/mol. The fourth-order valence-electron chi connectivity index (χ4n) is 3.67. The molecule has 0 aliphatic rings. The number of aromatic nitrogens is 4. The summed E-state index contributed by atoms with van der Waals surface area (Å²) in [6.07, 6.45) is 5.71. The Bertz CT molecular complexity index is 1230. The third-order valence-electron chi connectivity index (χ3n) is 5.30. The van der Waals surface area contributed by atoms with Crippen molar-refractivity contribution >= 4 is 5.97 Å². The number of hydrogen-bond acceptors (Lipinski definition) is 5. The molecule has 0 aliphatic carbocycles. The Morgan fingerprint density at radius 1 is 1.03 bits per heavy atom. The van der Waals surface area contributed by atoms with E-state index in [1.54, 1.807) is 24.5 Å². The average molecular weight is 445 g/mol. The molecule has 7 nitrogen and oxygen atoms in total. The maximum atomic E-state index is 13.3. The summed E-state index contributed by atoms with van der Waals surface area (Å²) in [5, 5.41) is 9.37. The van der Waals surface area contributed by atoms with E-state index >= 15 is 0 Å². The molecule has 0 fully saturated rings. The second-order valence-corrected chi connectivity index (χ2v) is 7.83. The van der Waals surface area contributed by atoms with Crippen LogP contribution in [0.5, 0.6) is 0 Å². The first-order valence-electron chi connectivity index (χ1n) is 10.6. The van der Waals surface area contributed by atoms with Crippen molar-refractivity contribution in [1.82, 2.24) is 24.4 Å². The number of aromatic carboxylic acids is 1. The smallest absolute Gasteiger partial charge is 0.335 e. The largest absolute Gasteiger partial charge is 0.478 e. The molecule has 8 heteroatoms. The molecule has 1 aromatic carbocycles. The molecule has 0 unspecified atom stereocenters. The minimum atomic E-state index is -1.02. The molecular weight excluding hydrogens is 421 g/mol. The molecule has 3 heterocycles. The van der Waals surface area contributed by atoms with E-state index in [0.717, 1.165) is 17.0 Å². The SMILES string of the molecule is CN(Cc1ccccn1)Cc1cnc(-c2cc(C(=O)O)ccn2)n1CCc1ccc(F)cc1. The summed E-state index contributed by atoms with van der Waals surface area (Å²) in [6.45, 7) is 1.88. The predicted octanol–water partition coefficient (Wildman–Crippen LogP) is 4.05. The van der Waals surface area contributed by atoms with Crippen LogP contribution < -0.4 is 0 Å². The number of halogens is 1. The number of pyridine rings is 2. The molecule has 33 heavy (non-hydrogen) atoms. The summed E-state index contributed by atoms with van der Waals surface area (Å²) < 4.78 is 15.3. The molecule has 1 N–H and O–H groups in total. The maximum absolute atomic E-state index is 13.3. The number of imidazole rings is 1. The zero-order chi connectivity index (χ0) is 23.2. The molecule has 0 amide bonds. The van der Waals surface area contributed by atoms with Gasteiger partial charge in [0.15, 0.2) is 5.82 Å². The van der Waals surface area contributed by atoms with Crippen LogP contribution in [0.1, 0.15) is 27.3 Å². The number of rotatable bonds is 9. The van der Waals surface area contributed by atoms with Crippen LogP contribution >= 0.6 is 0 Å². The summed E-state index contributed by atoms with van der Waals surface area (Å²) >= 11 is 0. The highest BCUT2D eigenvalue weighted by Gasteiger charge is 2.16. The number of carboxylic acid groups (broad SMARTS) is 1. The molecule has 0 aliphatic heterocycles. The second kappa shape index (κ2) is 10.1. The third-order valence-corrected chi connectivity index (χ3v) is 5.30. The van der Waals surface area contributed by atoms with Crippen molar-refractivity contribution in [3.8, 4) is 11.5 Å². The topological polar surface area (TPSA) is 84.1 Å². The summed E-state index contributed by atoms with van der Waals surface area (Å²) in [7, 11) is 2.01. The van der Waals surface area contributed by atoms with Gasteiger partial charge in [0.25, 0.3) is 0 Å². The minimum Gasteiger partial charge on any atom is -0.478 e. The van der Waals surface area contributed by atoms with Crippen molar-refractivity contribution in [3.63, 3.8) is 0 Å². The van der Waals surface area contributed by atoms with Crippen molar-refractivity contribution in [2.24, 2.45) is 0 Å². The monoisotopic (exact) mass is 445 g/mol. The van der Waals surface area contributed by atoms with Gasteiger partial charge in [-0.05, 0) is 55.4 Å². The van der Waals surface area contributed by atoms with Gasteiger partial charge in [0.2, 0.25) is 0 Å². The van der Waals surface area contributed by atoms with Crippen LogP contribution in [0.2, 0.25) is 0 Å². The minimum absolute atomic E-state index is 0.155. The fourth-order valence-corrected chi connectivity index (χ4v) is 3.67. The fraction of sp³-hybridized carbons (Fsp3) is 0.200. The van der Waals surface area contributed by atoms with E-state index in [2.05, 4.69) is 19.9 Å². The lowest BCUT2D eigenvalue weighted by Crippen LogP contribution is -2.20. The summed E-state index contributed by atoms with van der Waals surface area (Å²) in [6, 6.07) is 15.2. The Morgan fingerprint density at radius 2 is 1.85 bits per heavy atom. The molecule has 0 saturated carbocycles. The number of aryl methyl sites for hydroxylation is 1. The Balaban J connectivity index is 1.61. The van der Waals surface area contributed by atoms with E-state index < -0.39 is 5.97 Å². The van der Waals surface area contributed by atoms with Crippen LogP contribution in [0.15, 0.2) is 73.2 Å². The lowest BCUT2D eigenvalue weighted by Gasteiger charge is -2.18. The second-order valence-electron chi connectivity index (χ2n) is 7.83. The van der Waals surface area contributed by atoms with Gasteiger partial charge in [-0.25, -0.2) is 14.2 Å². The highest BCUT2D eigenvalue weighted by Crippen LogP contribution is 2.21. The highest BCUT2D eigenvalue weighted by atomic mass is 19.1. The molecule has 0 atom stereocenters. The van der Waals surface area contributed by atoms with Gasteiger partial charge in [-0.15, -0.1) is 0 Å². The standard InChI is InChI=1S/C25H24FN5O2/c1-30(16-21-4-2-3-11-27-21)17-22-15-29-24(23-14-19(25(32)33)9-12-28-23)31(22)13-10-18-5-7-20(26)8-6-18/h2-9,11-12,14-15H,10,13,16-17H2,1H3,(H,32,33). The molecule has 0 bridgehead atoms. The Hall–Kier alpha value is -3.91. The van der Waals surface area contributed by atoms with Gasteiger partial charge in [-0.1, -0.05) is 18.2 Å². The van der Waals surface area contributed by atoms with Gasteiger partial charge in [0.05, 0.1) is 23.1 Å². The van der Waals surface area contributed by atoms with Gasteiger partial charge in [0.1, 0.15) is 11.5 Å². The molecule has 0 radical (unpaired) electrons. The molecule has 0 saturated heterocycles. The molecule has 3 aromatic heterocycles. The molecule has 4 rings (SSSR count). The first-order valence-corrected chi connectivity index (χ1v) is 10.6. The number of carboxylic acids is 1. The van der Waals surface area contributed by atoms with Gasteiger partial charge >= 0.3 is 5.97 Å². The summed E-state index contributed by atoms with van der Waals surface area (Å²) in [5.74, 6) is -0.687. The molecular formula is C25H24FN5O2. The lowest BCUT2D eigenvalue weighted by atomic mass is 10.1. The van der Waals surface area contributed by atoms with E-state index in [4.69, 9.17) is 0 Å². The van der Waals surface area contributed by atoms with Crippen LogP contribution in [0.3, 0.4) is 0 Å². The van der Waals surface area contributed by atoms with Crippen molar-refractivity contribution < 1.29 is 14.3 Å². The van der Waals surface area contributed by atoms with Gasteiger partial charge in [-0.2, -0.15) is 0 Å². The maximum Gasteiger partial charge on any atom is 0.335 e. The number of nitrogens with zero attached hydrogens (tertiary/aromatic N) is 5. The van der Waals surface area contributed by atoms with Crippen LogP contribution in [0, 0.1) is 5.82 Å².